The molecule has 0 atom stereocenters. The number of aromatic nitrogens is 3. The lowest BCUT2D eigenvalue weighted by molar-refractivity contribution is 0.354. The molecule has 4 aromatic rings. The second-order valence-corrected chi connectivity index (χ2v) is 6.24. The van der Waals surface area contributed by atoms with Gasteiger partial charge < -0.3 is 14.8 Å². The van der Waals surface area contributed by atoms with Crippen molar-refractivity contribution in [2.75, 3.05) is 19.5 Å². The van der Waals surface area contributed by atoms with Crippen molar-refractivity contribution in [1.29, 1.82) is 0 Å². The lowest BCUT2D eigenvalue weighted by Gasteiger charge is -2.13. The second kappa shape index (κ2) is 7.15. The number of anilines is 1. The van der Waals surface area contributed by atoms with Crippen LogP contribution in [0.25, 0.3) is 21.9 Å². The van der Waals surface area contributed by atoms with Crippen molar-refractivity contribution >= 4 is 27.6 Å². The van der Waals surface area contributed by atoms with E-state index in [9.17, 15) is 0 Å². The first-order chi connectivity index (χ1) is 13.2. The van der Waals surface area contributed by atoms with Crippen LogP contribution in [-0.4, -0.2) is 29.0 Å². The number of ether oxygens (including phenoxy) is 2. The van der Waals surface area contributed by atoms with Crippen LogP contribution in [0.2, 0.25) is 0 Å². The van der Waals surface area contributed by atoms with Crippen LogP contribution >= 0.6 is 0 Å². The van der Waals surface area contributed by atoms with E-state index in [0.717, 1.165) is 51.2 Å². The summed E-state index contributed by atoms with van der Waals surface area (Å²) in [4.78, 5) is 4.80. The molecule has 0 spiro atoms. The van der Waals surface area contributed by atoms with E-state index in [-0.39, 0.29) is 0 Å². The Morgan fingerprint density at radius 3 is 2.59 bits per heavy atom. The first-order valence-corrected chi connectivity index (χ1v) is 8.94. The Balaban J connectivity index is 1.75. The van der Waals surface area contributed by atoms with Gasteiger partial charge in [-0.1, -0.05) is 24.3 Å². The summed E-state index contributed by atoms with van der Waals surface area (Å²) in [5.74, 6) is 1.45. The number of hydrogen-bond donors (Lipinski definition) is 1. The summed E-state index contributed by atoms with van der Waals surface area (Å²) in [7, 11) is 3.29. The maximum Gasteiger partial charge on any atom is 0.161 e. The van der Waals surface area contributed by atoms with Crippen molar-refractivity contribution in [3.63, 3.8) is 0 Å². The Hall–Kier alpha value is -3.28. The highest BCUT2D eigenvalue weighted by atomic mass is 16.5. The Labute approximate surface area is 157 Å². The van der Waals surface area contributed by atoms with E-state index in [1.54, 1.807) is 14.2 Å². The average Bonchev–Trinajstić information content (AvgIpc) is 3.13. The second-order valence-electron chi connectivity index (χ2n) is 6.24. The summed E-state index contributed by atoms with van der Waals surface area (Å²) in [6.45, 7) is 3.50. The largest absolute Gasteiger partial charge is 0.493 e. The molecule has 4 rings (SSSR count). The fourth-order valence-corrected chi connectivity index (χ4v) is 3.32. The molecule has 0 saturated heterocycles. The zero-order valence-corrected chi connectivity index (χ0v) is 15.7. The van der Waals surface area contributed by atoms with Gasteiger partial charge in [0, 0.05) is 18.5 Å². The molecule has 0 aliphatic heterocycles. The van der Waals surface area contributed by atoms with Crippen LogP contribution in [0.1, 0.15) is 12.5 Å². The fourth-order valence-electron chi connectivity index (χ4n) is 3.32. The molecule has 0 saturated carbocycles. The van der Waals surface area contributed by atoms with Crippen molar-refractivity contribution in [1.82, 2.24) is 14.8 Å². The lowest BCUT2D eigenvalue weighted by Crippen LogP contribution is -2.03. The number of rotatable bonds is 6. The molecule has 0 aliphatic rings. The van der Waals surface area contributed by atoms with Gasteiger partial charge in [0.05, 0.1) is 37.0 Å². The van der Waals surface area contributed by atoms with E-state index in [2.05, 4.69) is 23.4 Å². The smallest absolute Gasteiger partial charge is 0.161 e. The quantitative estimate of drug-likeness (QED) is 0.556. The SMILES string of the molecule is CCn1ncc2c(NCc3ccc(OC)c(OC)c3)c3ccccc3nc21. The number of nitrogens with zero attached hydrogens (tertiary/aromatic N) is 3. The molecule has 0 radical (unpaired) electrons. The molecule has 0 aliphatic carbocycles. The van der Waals surface area contributed by atoms with Gasteiger partial charge in [-0.05, 0) is 30.7 Å². The Kier molecular flexibility index (Phi) is 4.54. The van der Waals surface area contributed by atoms with Crippen molar-refractivity contribution in [2.24, 2.45) is 0 Å². The molecule has 6 nitrogen and oxygen atoms in total. The van der Waals surface area contributed by atoms with E-state index >= 15 is 0 Å². The third-order valence-electron chi connectivity index (χ3n) is 4.70. The molecule has 0 amide bonds. The summed E-state index contributed by atoms with van der Waals surface area (Å²) >= 11 is 0. The maximum atomic E-state index is 5.41. The van der Waals surface area contributed by atoms with Gasteiger partial charge in [0.2, 0.25) is 0 Å². The predicted molar refractivity (Wildman–Crippen MR) is 108 cm³/mol. The van der Waals surface area contributed by atoms with Gasteiger partial charge in [0.15, 0.2) is 17.1 Å². The van der Waals surface area contributed by atoms with Gasteiger partial charge in [-0.3, -0.25) is 0 Å². The van der Waals surface area contributed by atoms with E-state index in [1.807, 2.05) is 47.3 Å². The maximum absolute atomic E-state index is 5.41. The number of benzene rings is 2. The Bertz CT molecular complexity index is 1100. The minimum Gasteiger partial charge on any atom is -0.493 e. The zero-order valence-electron chi connectivity index (χ0n) is 15.7. The van der Waals surface area contributed by atoms with Crippen LogP contribution in [0, 0.1) is 0 Å². The van der Waals surface area contributed by atoms with Crippen LogP contribution in [0.3, 0.4) is 0 Å². The Morgan fingerprint density at radius 2 is 1.81 bits per heavy atom. The van der Waals surface area contributed by atoms with Crippen LogP contribution < -0.4 is 14.8 Å². The molecule has 0 bridgehead atoms. The standard InChI is InChI=1S/C21H22N4O2/c1-4-25-21-16(13-23-25)20(15-7-5-6-8-17(15)24-21)22-12-14-9-10-18(26-2)19(11-14)27-3/h5-11,13H,4,12H2,1-3H3,(H,22,24). The first kappa shape index (κ1) is 17.1. The molecule has 2 heterocycles. The highest BCUT2D eigenvalue weighted by Crippen LogP contribution is 2.32. The monoisotopic (exact) mass is 362 g/mol. The molecule has 1 N–H and O–H groups in total. The summed E-state index contributed by atoms with van der Waals surface area (Å²) < 4.78 is 12.7. The van der Waals surface area contributed by atoms with Gasteiger partial charge in [-0.15, -0.1) is 0 Å². The number of hydrogen-bond acceptors (Lipinski definition) is 5. The van der Waals surface area contributed by atoms with Crippen LogP contribution in [0.5, 0.6) is 11.5 Å². The highest BCUT2D eigenvalue weighted by molar-refractivity contribution is 6.06. The minimum atomic E-state index is 0.654. The average molecular weight is 362 g/mol. The van der Waals surface area contributed by atoms with Crippen LogP contribution in [-0.2, 0) is 13.1 Å². The number of aryl methyl sites for hydroxylation is 1. The molecule has 0 unspecified atom stereocenters. The van der Waals surface area contributed by atoms with Gasteiger partial charge in [-0.2, -0.15) is 5.10 Å². The van der Waals surface area contributed by atoms with Gasteiger partial charge in [0.25, 0.3) is 0 Å². The Morgan fingerprint density at radius 1 is 1.00 bits per heavy atom. The van der Waals surface area contributed by atoms with Crippen LogP contribution in [0.15, 0.2) is 48.7 Å². The van der Waals surface area contributed by atoms with E-state index < -0.39 is 0 Å². The third-order valence-corrected chi connectivity index (χ3v) is 4.70. The lowest BCUT2D eigenvalue weighted by atomic mass is 10.1. The predicted octanol–water partition coefficient (Wildman–Crippen LogP) is 4.23. The molecular weight excluding hydrogens is 340 g/mol. The van der Waals surface area contributed by atoms with Crippen molar-refractivity contribution in [2.45, 2.75) is 20.0 Å². The first-order valence-electron chi connectivity index (χ1n) is 8.94. The van der Waals surface area contributed by atoms with Crippen molar-refractivity contribution < 1.29 is 9.47 Å². The van der Waals surface area contributed by atoms with Gasteiger partial charge in [0.1, 0.15) is 0 Å². The number of fused-ring (bicyclic) bond motifs is 2. The van der Waals surface area contributed by atoms with E-state index in [1.165, 1.54) is 0 Å². The summed E-state index contributed by atoms with van der Waals surface area (Å²) in [5, 5.41) is 10.2. The normalized spacial score (nSPS) is 11.1. The third kappa shape index (κ3) is 3.03. The van der Waals surface area contributed by atoms with E-state index in [0.29, 0.717) is 6.54 Å². The molecule has 2 aromatic carbocycles. The summed E-state index contributed by atoms with van der Waals surface area (Å²) in [5.41, 5.74) is 4.00. The molecule has 27 heavy (non-hydrogen) atoms. The molecule has 6 heteroatoms. The number of nitrogens with one attached hydrogen (secondary N) is 1. The topological polar surface area (TPSA) is 61.2 Å². The van der Waals surface area contributed by atoms with Gasteiger partial charge in [-0.25, -0.2) is 9.67 Å². The summed E-state index contributed by atoms with van der Waals surface area (Å²) in [6, 6.07) is 14.1. The van der Waals surface area contributed by atoms with Crippen molar-refractivity contribution in [3.05, 3.63) is 54.2 Å². The minimum absolute atomic E-state index is 0.654. The number of methoxy groups -OCH3 is 2. The molecular formula is C21H22N4O2. The molecule has 138 valence electrons. The van der Waals surface area contributed by atoms with Gasteiger partial charge >= 0.3 is 0 Å². The highest BCUT2D eigenvalue weighted by Gasteiger charge is 2.13. The number of pyridine rings is 1. The van der Waals surface area contributed by atoms with E-state index in [4.69, 9.17) is 14.5 Å². The summed E-state index contributed by atoms with van der Waals surface area (Å²) in [6.07, 6.45) is 1.88. The van der Waals surface area contributed by atoms with Crippen molar-refractivity contribution in [3.8, 4) is 11.5 Å². The molecule has 0 fully saturated rings. The number of para-hydroxylation sites is 1. The molecule has 2 aromatic heterocycles. The van der Waals surface area contributed by atoms with Crippen LogP contribution in [0.4, 0.5) is 5.69 Å². The zero-order chi connectivity index (χ0) is 18.8. The fraction of sp³-hybridized carbons (Fsp3) is 0.238.